The zero-order valence-electron chi connectivity index (χ0n) is 14.7. The fourth-order valence-corrected chi connectivity index (χ4v) is 5.32. The van der Waals surface area contributed by atoms with Gasteiger partial charge >= 0.3 is 0 Å². The molecule has 10 heteroatoms. The van der Waals surface area contributed by atoms with Crippen molar-refractivity contribution in [1.29, 1.82) is 0 Å². The molecule has 0 unspecified atom stereocenters. The number of thiazole rings is 1. The smallest absolute Gasteiger partial charge is 0.244 e. The second-order valence-corrected chi connectivity index (χ2v) is 9.11. The molecule has 0 bridgehead atoms. The van der Waals surface area contributed by atoms with Gasteiger partial charge in [-0.05, 0) is 31.9 Å². The second kappa shape index (κ2) is 7.75. The van der Waals surface area contributed by atoms with Crippen molar-refractivity contribution in [3.63, 3.8) is 0 Å². The molecule has 3 N–H and O–H groups in total. The van der Waals surface area contributed by atoms with Gasteiger partial charge in [0.25, 0.3) is 0 Å². The number of nitrogens with two attached hydrogens (primary N) is 1. The first kappa shape index (κ1) is 19.5. The molecule has 1 atom stereocenters. The first-order valence-corrected chi connectivity index (χ1v) is 10.7. The number of rotatable bonds is 6. The molecule has 2 aromatic rings. The number of amides is 2. The lowest BCUT2D eigenvalue weighted by atomic mass is 10.2. The van der Waals surface area contributed by atoms with Crippen molar-refractivity contribution in [3.05, 3.63) is 40.9 Å². The Balaban J connectivity index is 1.75. The van der Waals surface area contributed by atoms with Crippen LogP contribution in [0.25, 0.3) is 0 Å². The molecule has 2 amide bonds. The molecule has 1 aromatic carbocycles. The van der Waals surface area contributed by atoms with Crippen molar-refractivity contribution in [2.24, 2.45) is 5.73 Å². The molecule has 1 fully saturated rings. The monoisotopic (exact) mass is 408 g/mol. The van der Waals surface area contributed by atoms with Crippen LogP contribution < -0.4 is 11.1 Å². The summed E-state index contributed by atoms with van der Waals surface area (Å²) in [6.07, 6.45) is 1.04. The highest BCUT2D eigenvalue weighted by atomic mass is 32.2. The van der Waals surface area contributed by atoms with E-state index in [2.05, 4.69) is 10.3 Å². The number of aromatic nitrogens is 1. The molecule has 2 heterocycles. The molecule has 1 aliphatic rings. The first-order chi connectivity index (χ1) is 12.8. The molecule has 1 aromatic heterocycles. The summed E-state index contributed by atoms with van der Waals surface area (Å²) in [5.74, 6) is -0.938. The van der Waals surface area contributed by atoms with Gasteiger partial charge in [0, 0.05) is 11.9 Å². The third-order valence-corrected chi connectivity index (χ3v) is 7.00. The molecule has 0 saturated carbocycles. The Labute approximate surface area is 161 Å². The van der Waals surface area contributed by atoms with Crippen molar-refractivity contribution >= 4 is 38.3 Å². The van der Waals surface area contributed by atoms with Gasteiger partial charge in [-0.25, -0.2) is 13.4 Å². The van der Waals surface area contributed by atoms with Crippen LogP contribution in [0.3, 0.4) is 0 Å². The molecular formula is C17H20N4O4S2. The summed E-state index contributed by atoms with van der Waals surface area (Å²) < 4.78 is 27.1. The van der Waals surface area contributed by atoms with Crippen LogP contribution in [0, 0.1) is 6.92 Å². The quantitative estimate of drug-likeness (QED) is 0.745. The van der Waals surface area contributed by atoms with E-state index in [0.29, 0.717) is 30.2 Å². The Morgan fingerprint density at radius 1 is 1.33 bits per heavy atom. The molecule has 0 spiro atoms. The van der Waals surface area contributed by atoms with E-state index in [9.17, 15) is 18.0 Å². The minimum atomic E-state index is -3.76. The van der Waals surface area contributed by atoms with Crippen LogP contribution in [0.15, 0.2) is 34.5 Å². The summed E-state index contributed by atoms with van der Waals surface area (Å²) in [5.41, 5.74) is 6.56. The zero-order chi connectivity index (χ0) is 19.6. The lowest BCUT2D eigenvalue weighted by Gasteiger charge is -2.23. The van der Waals surface area contributed by atoms with Gasteiger partial charge in [0.05, 0.1) is 17.0 Å². The van der Waals surface area contributed by atoms with Gasteiger partial charge < -0.3 is 11.1 Å². The van der Waals surface area contributed by atoms with Crippen LogP contribution in [0.2, 0.25) is 0 Å². The Bertz CT molecular complexity index is 954. The Morgan fingerprint density at radius 3 is 2.70 bits per heavy atom. The van der Waals surface area contributed by atoms with Crippen molar-refractivity contribution in [2.45, 2.75) is 37.1 Å². The van der Waals surface area contributed by atoms with Gasteiger partial charge in [-0.3, -0.25) is 9.59 Å². The summed E-state index contributed by atoms with van der Waals surface area (Å²) in [6.45, 7) is 2.17. The number of carbonyl (C=O) groups excluding carboxylic acids is 2. The number of benzene rings is 1. The molecule has 144 valence electrons. The highest BCUT2D eigenvalue weighted by molar-refractivity contribution is 7.89. The Morgan fingerprint density at radius 2 is 2.04 bits per heavy atom. The molecule has 0 aliphatic carbocycles. The number of hydrogen-bond acceptors (Lipinski definition) is 6. The molecule has 3 rings (SSSR count). The van der Waals surface area contributed by atoms with E-state index in [-0.39, 0.29) is 11.3 Å². The van der Waals surface area contributed by atoms with E-state index in [1.807, 2.05) is 6.92 Å². The minimum Gasteiger partial charge on any atom is -0.369 e. The van der Waals surface area contributed by atoms with E-state index in [0.717, 1.165) is 5.56 Å². The zero-order valence-corrected chi connectivity index (χ0v) is 16.3. The van der Waals surface area contributed by atoms with Gasteiger partial charge in [-0.2, -0.15) is 4.31 Å². The van der Waals surface area contributed by atoms with Crippen LogP contribution in [-0.2, 0) is 26.0 Å². The van der Waals surface area contributed by atoms with E-state index in [4.69, 9.17) is 5.73 Å². The second-order valence-electron chi connectivity index (χ2n) is 6.36. The predicted octanol–water partition coefficient (Wildman–Crippen LogP) is 1.27. The number of aryl methyl sites for hydroxylation is 1. The molecular weight excluding hydrogens is 388 g/mol. The number of carbonyl (C=O) groups is 2. The number of anilines is 1. The number of sulfonamides is 1. The average Bonchev–Trinajstić information content (AvgIpc) is 3.24. The maximum atomic E-state index is 12.9. The summed E-state index contributed by atoms with van der Waals surface area (Å²) in [5, 5.41) is 4.60. The van der Waals surface area contributed by atoms with Gasteiger partial charge in [0.1, 0.15) is 6.04 Å². The van der Waals surface area contributed by atoms with Crippen molar-refractivity contribution in [1.82, 2.24) is 9.29 Å². The summed E-state index contributed by atoms with van der Waals surface area (Å²) in [6, 6.07) is 5.77. The molecule has 1 aliphatic heterocycles. The van der Waals surface area contributed by atoms with E-state index in [1.54, 1.807) is 29.6 Å². The summed E-state index contributed by atoms with van der Waals surface area (Å²) in [4.78, 5) is 27.9. The number of hydrogen-bond donors (Lipinski definition) is 2. The fraction of sp³-hybridized carbons (Fsp3) is 0.353. The molecule has 8 nitrogen and oxygen atoms in total. The van der Waals surface area contributed by atoms with Gasteiger partial charge in [0.15, 0.2) is 5.13 Å². The highest BCUT2D eigenvalue weighted by Gasteiger charge is 2.39. The number of primary amides is 1. The van der Waals surface area contributed by atoms with Crippen molar-refractivity contribution < 1.29 is 18.0 Å². The molecule has 0 radical (unpaired) electrons. The van der Waals surface area contributed by atoms with E-state index in [1.165, 1.54) is 15.6 Å². The summed E-state index contributed by atoms with van der Waals surface area (Å²) >= 11 is 1.17. The molecule has 27 heavy (non-hydrogen) atoms. The normalized spacial score (nSPS) is 17.7. The predicted molar refractivity (Wildman–Crippen MR) is 102 cm³/mol. The van der Waals surface area contributed by atoms with Crippen LogP contribution in [0.1, 0.15) is 24.1 Å². The standard InChI is InChI=1S/C17H20N4O4S2/c1-11-4-6-13(7-5-11)27(24,25)21-8-2-3-14(21)16(23)20-17-19-12(10-26-17)9-15(18)22/h4-7,10,14H,2-3,8-9H2,1H3,(H2,18,22)(H,19,20,23)/t14-/m0/s1. The van der Waals surface area contributed by atoms with Gasteiger partial charge in [0.2, 0.25) is 21.8 Å². The van der Waals surface area contributed by atoms with Crippen LogP contribution >= 0.6 is 11.3 Å². The van der Waals surface area contributed by atoms with Crippen molar-refractivity contribution in [2.75, 3.05) is 11.9 Å². The van der Waals surface area contributed by atoms with Crippen LogP contribution in [0.5, 0.6) is 0 Å². The van der Waals surface area contributed by atoms with Crippen molar-refractivity contribution in [3.8, 4) is 0 Å². The maximum Gasteiger partial charge on any atom is 0.244 e. The third-order valence-electron chi connectivity index (χ3n) is 4.27. The number of nitrogens with one attached hydrogen (secondary N) is 1. The van der Waals surface area contributed by atoms with Gasteiger partial charge in [-0.15, -0.1) is 11.3 Å². The summed E-state index contributed by atoms with van der Waals surface area (Å²) in [7, 11) is -3.76. The average molecular weight is 409 g/mol. The molecule has 1 saturated heterocycles. The van der Waals surface area contributed by atoms with E-state index < -0.39 is 27.9 Å². The Kier molecular flexibility index (Phi) is 5.59. The van der Waals surface area contributed by atoms with Gasteiger partial charge in [-0.1, -0.05) is 17.7 Å². The third kappa shape index (κ3) is 4.34. The minimum absolute atomic E-state index is 0.0102. The SMILES string of the molecule is Cc1ccc(S(=O)(=O)N2CCC[C@H]2C(=O)Nc2nc(CC(N)=O)cs2)cc1. The van der Waals surface area contributed by atoms with E-state index >= 15 is 0 Å². The fourth-order valence-electron chi connectivity index (χ4n) is 2.95. The Hall–Kier alpha value is -2.30. The van der Waals surface area contributed by atoms with Crippen LogP contribution in [0.4, 0.5) is 5.13 Å². The van der Waals surface area contributed by atoms with Crippen LogP contribution in [-0.4, -0.2) is 42.1 Å². The highest BCUT2D eigenvalue weighted by Crippen LogP contribution is 2.27. The topological polar surface area (TPSA) is 122 Å². The lowest BCUT2D eigenvalue weighted by molar-refractivity contribution is -0.119. The first-order valence-electron chi connectivity index (χ1n) is 8.39. The largest absolute Gasteiger partial charge is 0.369 e. The number of nitrogens with zero attached hydrogens (tertiary/aromatic N) is 2. The maximum absolute atomic E-state index is 12.9. The lowest BCUT2D eigenvalue weighted by Crippen LogP contribution is -2.43.